The maximum absolute atomic E-state index is 12.3. The van der Waals surface area contributed by atoms with Gasteiger partial charge in [-0.15, -0.1) is 6.58 Å². The van der Waals surface area contributed by atoms with Gasteiger partial charge >= 0.3 is 0 Å². The van der Waals surface area contributed by atoms with E-state index in [2.05, 4.69) is 22.1 Å². The highest BCUT2D eigenvalue weighted by atomic mass is 35.5. The highest BCUT2D eigenvalue weighted by Gasteiger charge is 2.21. The molecule has 9 heteroatoms. The molecule has 2 rings (SSSR count). The summed E-state index contributed by atoms with van der Waals surface area (Å²) in [7, 11) is 0. The predicted octanol–water partition coefficient (Wildman–Crippen LogP) is 2.51. The van der Waals surface area contributed by atoms with Crippen molar-refractivity contribution in [1.29, 1.82) is 0 Å². The van der Waals surface area contributed by atoms with Gasteiger partial charge in [0, 0.05) is 37.7 Å². The molecule has 142 valence electrons. The van der Waals surface area contributed by atoms with Crippen molar-refractivity contribution in [2.24, 2.45) is 0 Å². The quantitative estimate of drug-likeness (QED) is 0.667. The summed E-state index contributed by atoms with van der Waals surface area (Å²) in [5.74, 6) is -0.226. The van der Waals surface area contributed by atoms with Crippen LogP contribution in [0.4, 0.5) is 5.69 Å². The van der Waals surface area contributed by atoms with E-state index in [0.29, 0.717) is 46.9 Å². The summed E-state index contributed by atoms with van der Waals surface area (Å²) < 4.78 is 0. The van der Waals surface area contributed by atoms with Gasteiger partial charge in [-0.25, -0.2) is 0 Å². The van der Waals surface area contributed by atoms with Gasteiger partial charge in [0.05, 0.1) is 28.8 Å². The number of carbonyl (C=O) groups is 2. The first-order chi connectivity index (χ1) is 12.4. The Balaban J connectivity index is 1.78. The molecule has 0 spiro atoms. The minimum atomic E-state index is -0.201. The third kappa shape index (κ3) is 6.45. The number of piperazine rings is 1. The minimum absolute atomic E-state index is 0.0249. The molecule has 1 fully saturated rings. The predicted molar refractivity (Wildman–Crippen MR) is 106 cm³/mol. The van der Waals surface area contributed by atoms with Gasteiger partial charge in [-0.3, -0.25) is 19.4 Å². The highest BCUT2D eigenvalue weighted by Crippen LogP contribution is 2.33. The molecule has 1 saturated heterocycles. The first-order valence-corrected chi connectivity index (χ1v) is 9.29. The van der Waals surface area contributed by atoms with Crippen LogP contribution in [0.5, 0.6) is 0 Å². The van der Waals surface area contributed by atoms with Gasteiger partial charge in [-0.1, -0.05) is 40.9 Å². The number of hydrogen-bond donors (Lipinski definition) is 2. The van der Waals surface area contributed by atoms with E-state index in [1.165, 1.54) is 12.1 Å². The van der Waals surface area contributed by atoms with Gasteiger partial charge in [-0.05, 0) is 12.1 Å². The van der Waals surface area contributed by atoms with Crippen LogP contribution in [0.2, 0.25) is 15.1 Å². The monoisotopic (exact) mass is 418 g/mol. The Hall–Kier alpha value is -1.31. The second-order valence-electron chi connectivity index (χ2n) is 5.94. The first kappa shape index (κ1) is 21.0. The van der Waals surface area contributed by atoms with Crippen molar-refractivity contribution in [3.05, 3.63) is 39.9 Å². The number of nitrogens with zero attached hydrogens (tertiary/aromatic N) is 2. The summed E-state index contributed by atoms with van der Waals surface area (Å²) in [6.07, 6.45) is 1.65. The van der Waals surface area contributed by atoms with Crippen molar-refractivity contribution >= 4 is 52.3 Å². The van der Waals surface area contributed by atoms with Crippen molar-refractivity contribution in [2.45, 2.75) is 0 Å². The molecule has 0 aromatic heterocycles. The smallest absolute Gasteiger partial charge is 0.238 e. The SMILES string of the molecule is C=CCNC(=O)CN1CCN(CC(=O)Nc2c(Cl)cc(Cl)cc2Cl)CC1. The van der Waals surface area contributed by atoms with Crippen molar-refractivity contribution in [2.75, 3.05) is 51.1 Å². The maximum atomic E-state index is 12.3. The molecular formula is C17H21Cl3N4O2. The van der Waals surface area contributed by atoms with E-state index >= 15 is 0 Å². The van der Waals surface area contributed by atoms with Crippen LogP contribution in [0, 0.1) is 0 Å². The van der Waals surface area contributed by atoms with Crippen molar-refractivity contribution in [3.8, 4) is 0 Å². The van der Waals surface area contributed by atoms with E-state index in [1.807, 2.05) is 4.90 Å². The summed E-state index contributed by atoms with van der Waals surface area (Å²) in [5, 5.41) is 6.49. The fourth-order valence-corrected chi connectivity index (χ4v) is 3.51. The zero-order valence-corrected chi connectivity index (χ0v) is 16.5. The lowest BCUT2D eigenvalue weighted by Gasteiger charge is -2.33. The van der Waals surface area contributed by atoms with Gasteiger partial charge in [0.25, 0.3) is 0 Å². The first-order valence-electron chi connectivity index (χ1n) is 8.15. The van der Waals surface area contributed by atoms with Gasteiger partial charge in [0.15, 0.2) is 0 Å². The molecule has 0 atom stereocenters. The molecule has 0 radical (unpaired) electrons. The van der Waals surface area contributed by atoms with Crippen LogP contribution in [0.3, 0.4) is 0 Å². The molecule has 26 heavy (non-hydrogen) atoms. The van der Waals surface area contributed by atoms with Gasteiger partial charge < -0.3 is 10.6 Å². The Morgan fingerprint density at radius 2 is 1.50 bits per heavy atom. The molecule has 6 nitrogen and oxygen atoms in total. The fourth-order valence-electron chi connectivity index (χ4n) is 2.59. The topological polar surface area (TPSA) is 64.7 Å². The second-order valence-corrected chi connectivity index (χ2v) is 7.19. The lowest BCUT2D eigenvalue weighted by atomic mass is 10.3. The van der Waals surface area contributed by atoms with Crippen molar-refractivity contribution < 1.29 is 9.59 Å². The van der Waals surface area contributed by atoms with Gasteiger partial charge in [-0.2, -0.15) is 0 Å². The lowest BCUT2D eigenvalue weighted by molar-refractivity contribution is -0.123. The Morgan fingerprint density at radius 3 is 2.00 bits per heavy atom. The number of benzene rings is 1. The lowest BCUT2D eigenvalue weighted by Crippen LogP contribution is -2.51. The largest absolute Gasteiger partial charge is 0.352 e. The Bertz CT molecular complexity index is 653. The molecule has 1 aromatic carbocycles. The number of amides is 2. The number of carbonyl (C=O) groups excluding carboxylic acids is 2. The van der Waals surface area contributed by atoms with Crippen LogP contribution in [0.15, 0.2) is 24.8 Å². The molecule has 2 amide bonds. The molecule has 1 aliphatic rings. The maximum Gasteiger partial charge on any atom is 0.238 e. The fraction of sp³-hybridized carbons (Fsp3) is 0.412. The van der Waals surface area contributed by atoms with Crippen molar-refractivity contribution in [1.82, 2.24) is 15.1 Å². The summed E-state index contributed by atoms with van der Waals surface area (Å²) in [4.78, 5) is 28.0. The van der Waals surface area contributed by atoms with Crippen LogP contribution in [0.1, 0.15) is 0 Å². The van der Waals surface area contributed by atoms with E-state index in [0.717, 1.165) is 13.1 Å². The third-order valence-electron chi connectivity index (χ3n) is 3.91. The Morgan fingerprint density at radius 1 is 1.00 bits per heavy atom. The highest BCUT2D eigenvalue weighted by molar-refractivity contribution is 6.42. The van der Waals surface area contributed by atoms with Crippen LogP contribution < -0.4 is 10.6 Å². The van der Waals surface area contributed by atoms with Gasteiger partial charge in [0.1, 0.15) is 0 Å². The number of anilines is 1. The number of nitrogens with one attached hydrogen (secondary N) is 2. The Labute approximate surface area is 168 Å². The van der Waals surface area contributed by atoms with Crippen LogP contribution >= 0.6 is 34.8 Å². The summed E-state index contributed by atoms with van der Waals surface area (Å²) in [6, 6.07) is 3.06. The molecule has 0 bridgehead atoms. The summed E-state index contributed by atoms with van der Waals surface area (Å²) in [6.45, 7) is 7.45. The molecule has 0 saturated carbocycles. The molecule has 1 aliphatic heterocycles. The summed E-state index contributed by atoms with van der Waals surface area (Å²) >= 11 is 18.0. The zero-order chi connectivity index (χ0) is 19.1. The normalized spacial score (nSPS) is 15.5. The average Bonchev–Trinajstić information content (AvgIpc) is 2.58. The van der Waals surface area contributed by atoms with E-state index in [9.17, 15) is 9.59 Å². The van der Waals surface area contributed by atoms with E-state index < -0.39 is 0 Å². The zero-order valence-electron chi connectivity index (χ0n) is 14.2. The van der Waals surface area contributed by atoms with Crippen molar-refractivity contribution in [3.63, 3.8) is 0 Å². The molecule has 0 unspecified atom stereocenters. The molecule has 2 N–H and O–H groups in total. The summed E-state index contributed by atoms with van der Waals surface area (Å²) in [5.41, 5.74) is 0.361. The third-order valence-corrected chi connectivity index (χ3v) is 4.73. The number of halogens is 3. The van der Waals surface area contributed by atoms with Gasteiger partial charge in [0.2, 0.25) is 11.8 Å². The molecule has 0 aliphatic carbocycles. The van der Waals surface area contributed by atoms with E-state index in [1.54, 1.807) is 6.08 Å². The second kappa shape index (κ2) is 10.1. The van der Waals surface area contributed by atoms with Crippen LogP contribution in [0.25, 0.3) is 0 Å². The number of rotatable bonds is 7. The van der Waals surface area contributed by atoms with Crippen LogP contribution in [-0.2, 0) is 9.59 Å². The molecule has 1 aromatic rings. The van der Waals surface area contributed by atoms with Crippen LogP contribution in [-0.4, -0.2) is 67.4 Å². The molecule has 1 heterocycles. The standard InChI is InChI=1S/C17H21Cl3N4O2/c1-2-3-21-15(25)10-23-4-6-24(7-5-23)11-16(26)22-17-13(19)8-12(18)9-14(17)20/h2,8-9H,1,3-7,10-11H2,(H,21,25)(H,22,26). The van der Waals surface area contributed by atoms with E-state index in [4.69, 9.17) is 34.8 Å². The number of hydrogen-bond acceptors (Lipinski definition) is 4. The molecular weight excluding hydrogens is 399 g/mol. The minimum Gasteiger partial charge on any atom is -0.352 e. The Kier molecular flexibility index (Phi) is 8.18. The average molecular weight is 420 g/mol. The van der Waals surface area contributed by atoms with E-state index in [-0.39, 0.29) is 18.4 Å².